The largest absolute Gasteiger partial charge is 0.405 e. The zero-order valence-electron chi connectivity index (χ0n) is 11.7. The van der Waals surface area contributed by atoms with Gasteiger partial charge in [0, 0.05) is 12.3 Å². The monoisotopic (exact) mass is 346 g/mol. The number of ether oxygens (including phenoxy) is 1. The molecule has 1 aliphatic rings. The van der Waals surface area contributed by atoms with Crippen LogP contribution in [0.2, 0.25) is 0 Å². The number of hydrogen-bond acceptors (Lipinski definition) is 8. The molecule has 1 saturated heterocycles. The van der Waals surface area contributed by atoms with Crippen LogP contribution in [0.5, 0.6) is 0 Å². The van der Waals surface area contributed by atoms with Gasteiger partial charge in [-0.3, -0.25) is 4.79 Å². The van der Waals surface area contributed by atoms with E-state index in [9.17, 15) is 13.2 Å². The highest BCUT2D eigenvalue weighted by atomic mass is 32.2. The van der Waals surface area contributed by atoms with Crippen molar-refractivity contribution in [2.45, 2.75) is 36.5 Å². The first-order valence-corrected chi connectivity index (χ1v) is 8.99. The number of sulfonamides is 1. The van der Waals surface area contributed by atoms with E-state index in [1.807, 2.05) is 0 Å². The van der Waals surface area contributed by atoms with Crippen molar-refractivity contribution in [3.63, 3.8) is 0 Å². The Bertz CT molecular complexity index is 816. The van der Waals surface area contributed by atoms with Crippen LogP contribution in [-0.2, 0) is 21.2 Å². The molecule has 0 aromatic carbocycles. The summed E-state index contributed by atoms with van der Waals surface area (Å²) in [4.78, 5) is 13.4. The van der Waals surface area contributed by atoms with Crippen molar-refractivity contribution in [1.29, 1.82) is 0 Å². The van der Waals surface area contributed by atoms with Crippen LogP contribution in [0.4, 0.5) is 6.01 Å². The van der Waals surface area contributed by atoms with Crippen LogP contribution in [0.1, 0.15) is 37.5 Å². The molecule has 0 radical (unpaired) electrons. The second-order valence-corrected chi connectivity index (χ2v) is 7.55. The fourth-order valence-electron chi connectivity index (χ4n) is 2.13. The van der Waals surface area contributed by atoms with Crippen LogP contribution in [0, 0.1) is 0 Å². The number of nitrogens with one attached hydrogen (secondary N) is 2. The summed E-state index contributed by atoms with van der Waals surface area (Å²) in [5, 5.41) is 7.45. The smallest absolute Gasteiger partial charge is 0.329 e. The summed E-state index contributed by atoms with van der Waals surface area (Å²) in [5.41, 5.74) is 0.348. The average Bonchev–Trinajstić information content (AvgIpc) is 3.16. The van der Waals surface area contributed by atoms with Crippen molar-refractivity contribution in [2.75, 3.05) is 11.3 Å². The highest BCUT2D eigenvalue weighted by Crippen LogP contribution is 2.29. The number of aryl methyl sites for hydroxylation is 1. The van der Waals surface area contributed by atoms with Crippen LogP contribution in [0.15, 0.2) is 13.4 Å². The summed E-state index contributed by atoms with van der Waals surface area (Å²) in [6.07, 6.45) is 1.75. The second-order valence-electron chi connectivity index (χ2n) is 4.69. The predicted octanol–water partition coefficient (Wildman–Crippen LogP) is 1.03. The summed E-state index contributed by atoms with van der Waals surface area (Å²) >= 11 is 0.621. The van der Waals surface area contributed by atoms with Crippen LogP contribution in [0.3, 0.4) is 0 Å². The van der Waals surface area contributed by atoms with E-state index in [1.54, 1.807) is 6.92 Å². The van der Waals surface area contributed by atoms with Gasteiger partial charge in [-0.1, -0.05) is 23.4 Å². The van der Waals surface area contributed by atoms with Crippen LogP contribution in [-0.4, -0.2) is 30.2 Å². The first-order valence-electron chi connectivity index (χ1n) is 6.69. The minimum absolute atomic E-state index is 0.0723. The minimum Gasteiger partial charge on any atom is -0.405 e. The number of rotatable bonds is 5. The molecule has 0 aliphatic carbocycles. The van der Waals surface area contributed by atoms with Crippen molar-refractivity contribution in [1.82, 2.24) is 15.2 Å². The third-order valence-electron chi connectivity index (χ3n) is 3.15. The lowest BCUT2D eigenvalue weighted by atomic mass is 10.2. The van der Waals surface area contributed by atoms with E-state index in [0.717, 1.165) is 12.8 Å². The van der Waals surface area contributed by atoms with Crippen molar-refractivity contribution < 1.29 is 17.6 Å². The lowest BCUT2D eigenvalue weighted by molar-refractivity contribution is 0.0898. The van der Waals surface area contributed by atoms with Gasteiger partial charge >= 0.3 is 10.9 Å². The van der Waals surface area contributed by atoms with Gasteiger partial charge in [0.05, 0.1) is 0 Å². The van der Waals surface area contributed by atoms with Crippen molar-refractivity contribution in [3.05, 3.63) is 21.3 Å². The summed E-state index contributed by atoms with van der Waals surface area (Å²) in [7, 11) is -3.95. The van der Waals surface area contributed by atoms with Gasteiger partial charge in [0.25, 0.3) is 10.0 Å². The molecule has 0 bridgehead atoms. The first kappa shape index (κ1) is 15.2. The van der Waals surface area contributed by atoms with Crippen LogP contribution in [0.25, 0.3) is 0 Å². The SMILES string of the molecule is CCc1[nH]c(=O)sc1S(=O)(=O)Nc1nnc(C2CCCO2)o1. The van der Waals surface area contributed by atoms with Crippen LogP contribution < -0.4 is 9.60 Å². The molecular weight excluding hydrogens is 332 g/mol. The molecule has 2 N–H and O–H groups in total. The molecule has 3 rings (SSSR count). The average molecular weight is 346 g/mol. The Labute approximate surface area is 129 Å². The summed E-state index contributed by atoms with van der Waals surface area (Å²) in [6.45, 7) is 2.37. The molecule has 0 amide bonds. The number of anilines is 1. The van der Waals surface area contributed by atoms with E-state index in [0.29, 0.717) is 30.1 Å². The predicted molar refractivity (Wildman–Crippen MR) is 77.4 cm³/mol. The molecule has 11 heteroatoms. The number of hydrogen-bond donors (Lipinski definition) is 2. The summed E-state index contributed by atoms with van der Waals surface area (Å²) < 4.78 is 37.4. The molecule has 22 heavy (non-hydrogen) atoms. The highest BCUT2D eigenvalue weighted by Gasteiger charge is 2.27. The van der Waals surface area contributed by atoms with Crippen molar-refractivity contribution in [2.24, 2.45) is 0 Å². The lowest BCUT2D eigenvalue weighted by Gasteiger charge is -2.04. The summed E-state index contributed by atoms with van der Waals surface area (Å²) in [5.74, 6) is 0.244. The number of aromatic nitrogens is 3. The standard InChI is InChI=1S/C11H14N4O5S2/c1-2-6-9(21-11(16)12-6)22(17,18)15-10-14-13-8(20-10)7-4-3-5-19-7/h7H,2-5H2,1H3,(H,12,16)(H,14,15). The maximum absolute atomic E-state index is 12.3. The molecule has 3 heterocycles. The molecule has 1 aliphatic heterocycles. The fourth-order valence-corrected chi connectivity index (χ4v) is 4.51. The molecule has 2 aromatic rings. The molecule has 1 atom stereocenters. The van der Waals surface area contributed by atoms with Gasteiger partial charge in [0.1, 0.15) is 6.10 Å². The van der Waals surface area contributed by atoms with Gasteiger partial charge in [-0.25, -0.2) is 13.1 Å². The molecule has 1 fully saturated rings. The van der Waals surface area contributed by atoms with E-state index in [-0.39, 0.29) is 22.2 Å². The zero-order valence-corrected chi connectivity index (χ0v) is 13.3. The Morgan fingerprint density at radius 3 is 2.95 bits per heavy atom. The van der Waals surface area contributed by atoms with Gasteiger partial charge in [0.15, 0.2) is 4.21 Å². The molecule has 120 valence electrons. The third kappa shape index (κ3) is 2.91. The number of H-pyrrole nitrogens is 1. The maximum atomic E-state index is 12.3. The second kappa shape index (κ2) is 5.82. The number of nitrogens with zero attached hydrogens (tertiary/aromatic N) is 2. The van der Waals surface area contributed by atoms with Crippen molar-refractivity contribution in [3.8, 4) is 0 Å². The third-order valence-corrected chi connectivity index (χ3v) is 5.96. The fraction of sp³-hybridized carbons (Fsp3) is 0.545. The van der Waals surface area contributed by atoms with Gasteiger partial charge < -0.3 is 14.1 Å². The quantitative estimate of drug-likeness (QED) is 0.827. The van der Waals surface area contributed by atoms with E-state index in [1.165, 1.54) is 0 Å². The Hall–Kier alpha value is -1.72. The van der Waals surface area contributed by atoms with E-state index >= 15 is 0 Å². The highest BCUT2D eigenvalue weighted by molar-refractivity contribution is 7.94. The Balaban J connectivity index is 1.83. The molecule has 0 saturated carbocycles. The van der Waals surface area contributed by atoms with Gasteiger partial charge in [0.2, 0.25) is 5.89 Å². The molecule has 1 unspecified atom stereocenters. The lowest BCUT2D eigenvalue weighted by Crippen LogP contribution is -2.13. The number of aromatic amines is 1. The molecule has 2 aromatic heterocycles. The van der Waals surface area contributed by atoms with Crippen molar-refractivity contribution >= 4 is 27.4 Å². The molecule has 9 nitrogen and oxygen atoms in total. The van der Waals surface area contributed by atoms with E-state index in [2.05, 4.69) is 19.9 Å². The molecular formula is C11H14N4O5S2. The minimum atomic E-state index is -3.95. The Morgan fingerprint density at radius 2 is 2.27 bits per heavy atom. The number of thiazole rings is 1. The van der Waals surface area contributed by atoms with E-state index < -0.39 is 14.9 Å². The van der Waals surface area contributed by atoms with Gasteiger partial charge in [-0.15, -0.1) is 5.10 Å². The van der Waals surface area contributed by atoms with Gasteiger partial charge in [-0.05, 0) is 19.3 Å². The maximum Gasteiger partial charge on any atom is 0.329 e. The van der Waals surface area contributed by atoms with Crippen LogP contribution >= 0.6 is 11.3 Å². The normalized spacial score (nSPS) is 18.7. The molecule has 0 spiro atoms. The Kier molecular flexibility index (Phi) is 4.02. The van der Waals surface area contributed by atoms with Gasteiger partial charge in [-0.2, -0.15) is 0 Å². The topological polar surface area (TPSA) is 127 Å². The zero-order chi connectivity index (χ0) is 15.7. The van der Waals surface area contributed by atoms with E-state index in [4.69, 9.17) is 9.15 Å². The first-order chi connectivity index (χ1) is 10.5. The summed E-state index contributed by atoms with van der Waals surface area (Å²) in [6, 6.07) is -0.242. The Morgan fingerprint density at radius 1 is 1.45 bits per heavy atom.